The molecule has 1 aliphatic rings. The normalized spacial score (nSPS) is 12.1. The van der Waals surface area contributed by atoms with E-state index in [-0.39, 0.29) is 6.79 Å². The van der Waals surface area contributed by atoms with Gasteiger partial charge in [-0.25, -0.2) is 0 Å². The van der Waals surface area contributed by atoms with Crippen LogP contribution in [0.2, 0.25) is 5.02 Å². The van der Waals surface area contributed by atoms with Crippen LogP contribution in [0.25, 0.3) is 0 Å². The Balaban J connectivity index is 2.30. The number of rotatable bonds is 1. The second-order valence-corrected chi connectivity index (χ2v) is 3.43. The van der Waals surface area contributed by atoms with Crippen molar-refractivity contribution in [1.82, 2.24) is 0 Å². The minimum atomic E-state index is 0.241. The Kier molecular flexibility index (Phi) is 3.00. The number of hydrogen-bond donors (Lipinski definition) is 1. The summed E-state index contributed by atoms with van der Waals surface area (Å²) in [7, 11) is 0. The fourth-order valence-corrected chi connectivity index (χ4v) is 1.44. The zero-order valence-corrected chi connectivity index (χ0v) is 8.80. The summed E-state index contributed by atoms with van der Waals surface area (Å²) in [5, 5.41) is 0.573. The number of hydrogen-bond acceptors (Lipinski definition) is 3. The molecule has 0 bridgehead atoms. The molecule has 0 radical (unpaired) electrons. The minimum absolute atomic E-state index is 0.241. The Morgan fingerprint density at radius 3 is 2.80 bits per heavy atom. The van der Waals surface area contributed by atoms with Gasteiger partial charge in [-0.2, -0.15) is 0 Å². The van der Waals surface area contributed by atoms with Crippen molar-refractivity contribution in [3.63, 3.8) is 0 Å². The second-order valence-electron chi connectivity index (χ2n) is 3.03. The van der Waals surface area contributed by atoms with E-state index in [2.05, 4.69) is 11.8 Å². The molecule has 0 unspecified atom stereocenters. The first kappa shape index (κ1) is 10.2. The first-order chi connectivity index (χ1) is 7.31. The molecular formula is C11H10ClNO2. The third-order valence-corrected chi connectivity index (χ3v) is 2.27. The van der Waals surface area contributed by atoms with E-state index in [1.165, 1.54) is 0 Å². The molecule has 1 aromatic carbocycles. The van der Waals surface area contributed by atoms with Gasteiger partial charge in [0, 0.05) is 30.7 Å². The van der Waals surface area contributed by atoms with Crippen LogP contribution in [0.4, 0.5) is 0 Å². The smallest absolute Gasteiger partial charge is 0.231 e. The van der Waals surface area contributed by atoms with E-state index in [4.69, 9.17) is 26.8 Å². The summed E-state index contributed by atoms with van der Waals surface area (Å²) in [5.41, 5.74) is 6.09. The molecule has 15 heavy (non-hydrogen) atoms. The fraction of sp³-hybridized carbons (Fsp3) is 0.273. The van der Waals surface area contributed by atoms with E-state index in [1.54, 1.807) is 12.1 Å². The summed E-state index contributed by atoms with van der Waals surface area (Å²) in [5.74, 6) is 7.24. The quantitative estimate of drug-likeness (QED) is 0.738. The maximum Gasteiger partial charge on any atom is 0.231 e. The lowest BCUT2D eigenvalue weighted by Crippen LogP contribution is -1.95. The first-order valence-electron chi connectivity index (χ1n) is 4.59. The summed E-state index contributed by atoms with van der Waals surface area (Å²) in [6, 6.07) is 3.50. The number of ether oxygens (including phenoxy) is 2. The molecule has 0 saturated heterocycles. The number of fused-ring (bicyclic) bond motifs is 1. The molecule has 0 spiro atoms. The van der Waals surface area contributed by atoms with E-state index >= 15 is 0 Å². The molecule has 0 aromatic heterocycles. The molecule has 1 aliphatic heterocycles. The van der Waals surface area contributed by atoms with Gasteiger partial charge in [-0.3, -0.25) is 0 Å². The monoisotopic (exact) mass is 223 g/mol. The average Bonchev–Trinajstić information content (AvgIpc) is 2.65. The highest BCUT2D eigenvalue weighted by Gasteiger charge is 2.15. The van der Waals surface area contributed by atoms with Gasteiger partial charge in [0.25, 0.3) is 0 Å². The molecule has 0 amide bonds. The number of halogens is 1. The van der Waals surface area contributed by atoms with Crippen molar-refractivity contribution < 1.29 is 9.47 Å². The Bertz CT molecular complexity index is 434. The van der Waals surface area contributed by atoms with Gasteiger partial charge in [-0.05, 0) is 0 Å². The van der Waals surface area contributed by atoms with Gasteiger partial charge in [-0.15, -0.1) is 0 Å². The van der Waals surface area contributed by atoms with Crippen molar-refractivity contribution >= 4 is 11.6 Å². The Morgan fingerprint density at radius 2 is 2.07 bits per heavy atom. The van der Waals surface area contributed by atoms with Crippen molar-refractivity contribution in [2.45, 2.75) is 6.42 Å². The van der Waals surface area contributed by atoms with Crippen LogP contribution in [0.1, 0.15) is 12.0 Å². The Morgan fingerprint density at radius 1 is 1.33 bits per heavy atom. The van der Waals surface area contributed by atoms with E-state index in [0.717, 1.165) is 5.56 Å². The predicted octanol–water partition coefficient (Wildman–Crippen LogP) is 1.77. The highest BCUT2D eigenvalue weighted by molar-refractivity contribution is 6.32. The Hall–Kier alpha value is -1.37. The lowest BCUT2D eigenvalue weighted by Gasteiger charge is -1.99. The van der Waals surface area contributed by atoms with Gasteiger partial charge in [0.2, 0.25) is 6.79 Å². The van der Waals surface area contributed by atoms with Crippen LogP contribution in [0.5, 0.6) is 11.5 Å². The molecule has 1 heterocycles. The molecule has 78 valence electrons. The van der Waals surface area contributed by atoms with Crippen molar-refractivity contribution in [1.29, 1.82) is 0 Å². The van der Waals surface area contributed by atoms with Gasteiger partial charge >= 0.3 is 0 Å². The van der Waals surface area contributed by atoms with E-state index < -0.39 is 0 Å². The van der Waals surface area contributed by atoms with Crippen LogP contribution in [-0.2, 0) is 0 Å². The molecular weight excluding hydrogens is 214 g/mol. The topological polar surface area (TPSA) is 44.5 Å². The summed E-state index contributed by atoms with van der Waals surface area (Å²) in [4.78, 5) is 0. The Labute approximate surface area is 93.1 Å². The van der Waals surface area contributed by atoms with Crippen molar-refractivity contribution in [2.24, 2.45) is 5.73 Å². The zero-order chi connectivity index (χ0) is 10.7. The van der Waals surface area contributed by atoms with Crippen LogP contribution in [0.15, 0.2) is 12.1 Å². The second kappa shape index (κ2) is 4.43. The van der Waals surface area contributed by atoms with E-state index in [9.17, 15) is 0 Å². The van der Waals surface area contributed by atoms with E-state index in [1.807, 2.05) is 0 Å². The number of benzene rings is 1. The van der Waals surface area contributed by atoms with Crippen molar-refractivity contribution in [2.75, 3.05) is 13.3 Å². The molecule has 0 aliphatic carbocycles. The third kappa shape index (κ3) is 2.17. The lowest BCUT2D eigenvalue weighted by atomic mass is 10.2. The molecule has 1 aromatic rings. The lowest BCUT2D eigenvalue weighted by molar-refractivity contribution is 0.174. The predicted molar refractivity (Wildman–Crippen MR) is 58.1 cm³/mol. The number of nitrogens with two attached hydrogens (primary N) is 1. The van der Waals surface area contributed by atoms with Crippen molar-refractivity contribution in [3.8, 4) is 23.3 Å². The van der Waals surface area contributed by atoms with Gasteiger partial charge in [0.15, 0.2) is 11.5 Å². The SMILES string of the molecule is NCCC#Cc1cc2c(cc1Cl)OCO2. The molecule has 2 rings (SSSR count). The van der Waals surface area contributed by atoms with Crippen LogP contribution >= 0.6 is 11.6 Å². The highest BCUT2D eigenvalue weighted by Crippen LogP contribution is 2.36. The maximum atomic E-state index is 6.02. The van der Waals surface area contributed by atoms with E-state index in [0.29, 0.717) is 29.5 Å². The molecule has 4 heteroatoms. The van der Waals surface area contributed by atoms with Crippen LogP contribution < -0.4 is 15.2 Å². The summed E-state index contributed by atoms with van der Waals surface area (Å²) in [6.07, 6.45) is 0.658. The molecule has 3 nitrogen and oxygen atoms in total. The van der Waals surface area contributed by atoms with Gasteiger partial charge in [0.1, 0.15) is 0 Å². The van der Waals surface area contributed by atoms with Crippen LogP contribution in [-0.4, -0.2) is 13.3 Å². The minimum Gasteiger partial charge on any atom is -0.454 e. The average molecular weight is 224 g/mol. The maximum absolute atomic E-state index is 6.02. The zero-order valence-electron chi connectivity index (χ0n) is 8.05. The summed E-state index contributed by atoms with van der Waals surface area (Å²) >= 11 is 6.02. The van der Waals surface area contributed by atoms with Gasteiger partial charge in [-0.1, -0.05) is 23.4 Å². The van der Waals surface area contributed by atoms with Crippen molar-refractivity contribution in [3.05, 3.63) is 22.7 Å². The van der Waals surface area contributed by atoms with Crippen LogP contribution in [0.3, 0.4) is 0 Å². The fourth-order valence-electron chi connectivity index (χ4n) is 1.24. The van der Waals surface area contributed by atoms with Crippen LogP contribution in [0, 0.1) is 11.8 Å². The largest absolute Gasteiger partial charge is 0.454 e. The molecule has 0 fully saturated rings. The summed E-state index contributed by atoms with van der Waals surface area (Å²) < 4.78 is 10.4. The molecule has 0 saturated carbocycles. The molecule has 0 atom stereocenters. The first-order valence-corrected chi connectivity index (χ1v) is 4.97. The van der Waals surface area contributed by atoms with Gasteiger partial charge in [0.05, 0.1) is 5.02 Å². The highest BCUT2D eigenvalue weighted by atomic mass is 35.5. The third-order valence-electron chi connectivity index (χ3n) is 1.95. The standard InChI is InChI=1S/C11H10ClNO2/c12-9-6-11-10(14-7-15-11)5-8(9)3-1-2-4-13/h5-6H,2,4,7,13H2. The van der Waals surface area contributed by atoms with Gasteiger partial charge < -0.3 is 15.2 Å². The molecule has 2 N–H and O–H groups in total. The summed E-state index contributed by atoms with van der Waals surface area (Å²) in [6.45, 7) is 0.792.